The summed E-state index contributed by atoms with van der Waals surface area (Å²) >= 11 is 0. The molecule has 108 valence electrons. The Kier molecular flexibility index (Phi) is 5.16. The Bertz CT molecular complexity index is 630. The highest BCUT2D eigenvalue weighted by molar-refractivity contribution is 5.97. The van der Waals surface area contributed by atoms with E-state index >= 15 is 0 Å². The standard InChI is InChI=1S/C18H18O3/c1-3-21-18(19)13-16(14-9-5-4-6-10-14)15-11-7-8-12-17(15)20-2/h4-13H,3H2,1-2H3/b16-13-. The number of carbonyl (C=O) groups excluding carboxylic acids is 1. The SMILES string of the molecule is CCOC(=O)/C=C(/c1ccccc1)c1ccccc1OC. The fraction of sp³-hybridized carbons (Fsp3) is 0.167. The van der Waals surface area contributed by atoms with Crippen LogP contribution in [0.1, 0.15) is 18.1 Å². The third-order valence-electron chi connectivity index (χ3n) is 3.03. The lowest BCUT2D eigenvalue weighted by atomic mass is 9.97. The molecule has 3 nitrogen and oxygen atoms in total. The molecule has 0 aliphatic rings. The lowest BCUT2D eigenvalue weighted by molar-refractivity contribution is -0.137. The normalized spacial score (nSPS) is 11.0. The van der Waals surface area contributed by atoms with Crippen LogP contribution >= 0.6 is 0 Å². The van der Waals surface area contributed by atoms with E-state index in [2.05, 4.69) is 0 Å². The van der Waals surface area contributed by atoms with Gasteiger partial charge < -0.3 is 9.47 Å². The zero-order chi connectivity index (χ0) is 15.1. The average Bonchev–Trinajstić information content (AvgIpc) is 2.54. The summed E-state index contributed by atoms with van der Waals surface area (Å²) < 4.78 is 10.4. The third kappa shape index (κ3) is 3.72. The molecular formula is C18H18O3. The van der Waals surface area contributed by atoms with Gasteiger partial charge in [0.05, 0.1) is 13.7 Å². The van der Waals surface area contributed by atoms with Crippen molar-refractivity contribution in [2.45, 2.75) is 6.92 Å². The smallest absolute Gasteiger partial charge is 0.331 e. The van der Waals surface area contributed by atoms with Gasteiger partial charge in [0.2, 0.25) is 0 Å². The molecule has 0 radical (unpaired) electrons. The fourth-order valence-electron chi connectivity index (χ4n) is 2.10. The topological polar surface area (TPSA) is 35.5 Å². The second-order valence-electron chi connectivity index (χ2n) is 4.38. The van der Waals surface area contributed by atoms with Crippen LogP contribution in [0.25, 0.3) is 5.57 Å². The molecule has 0 saturated carbocycles. The zero-order valence-electron chi connectivity index (χ0n) is 12.2. The van der Waals surface area contributed by atoms with Gasteiger partial charge >= 0.3 is 5.97 Å². The summed E-state index contributed by atoms with van der Waals surface area (Å²) in [6.45, 7) is 2.14. The van der Waals surface area contributed by atoms with Gasteiger partial charge in [-0.2, -0.15) is 0 Å². The molecule has 0 unspecified atom stereocenters. The van der Waals surface area contributed by atoms with E-state index in [0.717, 1.165) is 22.4 Å². The van der Waals surface area contributed by atoms with Crippen molar-refractivity contribution in [1.29, 1.82) is 0 Å². The number of benzene rings is 2. The first-order valence-electron chi connectivity index (χ1n) is 6.83. The second-order valence-corrected chi connectivity index (χ2v) is 4.38. The number of hydrogen-bond acceptors (Lipinski definition) is 3. The zero-order valence-corrected chi connectivity index (χ0v) is 12.2. The third-order valence-corrected chi connectivity index (χ3v) is 3.03. The summed E-state index contributed by atoms with van der Waals surface area (Å²) in [6.07, 6.45) is 1.51. The molecule has 0 aromatic heterocycles. The quantitative estimate of drug-likeness (QED) is 0.620. The highest BCUT2D eigenvalue weighted by atomic mass is 16.5. The maximum atomic E-state index is 11.9. The number of ether oxygens (including phenoxy) is 2. The van der Waals surface area contributed by atoms with Gasteiger partial charge in [-0.1, -0.05) is 48.5 Å². The number of carbonyl (C=O) groups is 1. The summed E-state index contributed by atoms with van der Waals surface area (Å²) in [7, 11) is 1.62. The van der Waals surface area contributed by atoms with Crippen LogP contribution in [0.15, 0.2) is 60.7 Å². The first-order valence-corrected chi connectivity index (χ1v) is 6.83. The Labute approximate surface area is 124 Å². The maximum absolute atomic E-state index is 11.9. The molecule has 0 saturated heterocycles. The first-order chi connectivity index (χ1) is 10.3. The molecule has 0 spiro atoms. The molecule has 0 bridgehead atoms. The van der Waals surface area contributed by atoms with Crippen molar-refractivity contribution < 1.29 is 14.3 Å². The lowest BCUT2D eigenvalue weighted by Crippen LogP contribution is -2.02. The fourth-order valence-corrected chi connectivity index (χ4v) is 2.10. The van der Waals surface area contributed by atoms with Crippen LogP contribution in [0.3, 0.4) is 0 Å². The van der Waals surface area contributed by atoms with Crippen molar-refractivity contribution in [2.24, 2.45) is 0 Å². The number of para-hydroxylation sites is 1. The molecule has 0 fully saturated rings. The van der Waals surface area contributed by atoms with Gasteiger partial charge in [0, 0.05) is 11.6 Å². The highest BCUT2D eigenvalue weighted by Crippen LogP contribution is 2.30. The van der Waals surface area contributed by atoms with Gasteiger partial charge in [-0.05, 0) is 24.1 Å². The Morgan fingerprint density at radius 3 is 2.38 bits per heavy atom. The summed E-state index contributed by atoms with van der Waals surface area (Å²) in [5, 5.41) is 0. The van der Waals surface area contributed by atoms with Crippen molar-refractivity contribution >= 4 is 11.5 Å². The minimum atomic E-state index is -0.359. The first kappa shape index (κ1) is 14.9. The van der Waals surface area contributed by atoms with Gasteiger partial charge in [-0.3, -0.25) is 0 Å². The van der Waals surface area contributed by atoms with Crippen LogP contribution in [0.2, 0.25) is 0 Å². The van der Waals surface area contributed by atoms with Gasteiger partial charge in [-0.15, -0.1) is 0 Å². The van der Waals surface area contributed by atoms with Crippen LogP contribution in [0.5, 0.6) is 5.75 Å². The molecule has 0 heterocycles. The summed E-state index contributed by atoms with van der Waals surface area (Å²) in [5.41, 5.74) is 2.58. The predicted octanol–water partition coefficient (Wildman–Crippen LogP) is 3.69. The maximum Gasteiger partial charge on any atom is 0.331 e. The van der Waals surface area contributed by atoms with Crippen LogP contribution in [0.4, 0.5) is 0 Å². The number of esters is 1. The van der Waals surface area contributed by atoms with E-state index in [1.807, 2.05) is 54.6 Å². The van der Waals surface area contributed by atoms with E-state index in [9.17, 15) is 4.79 Å². The molecule has 2 rings (SSSR count). The number of methoxy groups -OCH3 is 1. The summed E-state index contributed by atoms with van der Waals surface area (Å²) in [6, 6.07) is 17.3. The van der Waals surface area contributed by atoms with Crippen molar-refractivity contribution in [2.75, 3.05) is 13.7 Å². The minimum absolute atomic E-state index is 0.351. The molecule has 0 amide bonds. The molecule has 0 aliphatic heterocycles. The molecule has 0 atom stereocenters. The second kappa shape index (κ2) is 7.29. The van der Waals surface area contributed by atoms with Crippen molar-refractivity contribution in [3.8, 4) is 5.75 Å². The van der Waals surface area contributed by atoms with E-state index in [-0.39, 0.29) is 5.97 Å². The Hall–Kier alpha value is -2.55. The summed E-state index contributed by atoms with van der Waals surface area (Å²) in [4.78, 5) is 11.9. The Morgan fingerprint density at radius 1 is 1.05 bits per heavy atom. The van der Waals surface area contributed by atoms with Crippen molar-refractivity contribution in [3.63, 3.8) is 0 Å². The molecule has 2 aromatic carbocycles. The van der Waals surface area contributed by atoms with Gasteiger partial charge in [0.1, 0.15) is 5.75 Å². The van der Waals surface area contributed by atoms with Crippen molar-refractivity contribution in [1.82, 2.24) is 0 Å². The van der Waals surface area contributed by atoms with Crippen LogP contribution in [0, 0.1) is 0 Å². The average molecular weight is 282 g/mol. The summed E-state index contributed by atoms with van der Waals surface area (Å²) in [5.74, 6) is 0.360. The van der Waals surface area contributed by atoms with Gasteiger partial charge in [-0.25, -0.2) is 4.79 Å². The van der Waals surface area contributed by atoms with E-state index in [1.165, 1.54) is 6.08 Å². The predicted molar refractivity (Wildman–Crippen MR) is 83.1 cm³/mol. The number of hydrogen-bond donors (Lipinski definition) is 0. The molecular weight excluding hydrogens is 264 g/mol. The minimum Gasteiger partial charge on any atom is -0.496 e. The van der Waals surface area contributed by atoms with Crippen molar-refractivity contribution in [3.05, 3.63) is 71.8 Å². The van der Waals surface area contributed by atoms with Gasteiger partial charge in [0.15, 0.2) is 0 Å². The highest BCUT2D eigenvalue weighted by Gasteiger charge is 2.12. The monoisotopic (exact) mass is 282 g/mol. The van der Waals surface area contributed by atoms with E-state index in [4.69, 9.17) is 9.47 Å². The molecule has 21 heavy (non-hydrogen) atoms. The Morgan fingerprint density at radius 2 is 1.71 bits per heavy atom. The molecule has 2 aromatic rings. The van der Waals surface area contributed by atoms with E-state index < -0.39 is 0 Å². The van der Waals surface area contributed by atoms with Crippen LogP contribution in [-0.4, -0.2) is 19.7 Å². The van der Waals surface area contributed by atoms with Gasteiger partial charge in [0.25, 0.3) is 0 Å². The number of rotatable bonds is 5. The van der Waals surface area contributed by atoms with Crippen LogP contribution < -0.4 is 4.74 Å². The largest absolute Gasteiger partial charge is 0.496 e. The lowest BCUT2D eigenvalue weighted by Gasteiger charge is -2.12. The van der Waals surface area contributed by atoms with E-state index in [1.54, 1.807) is 14.0 Å². The molecule has 3 heteroatoms. The van der Waals surface area contributed by atoms with E-state index in [0.29, 0.717) is 6.61 Å². The Balaban J connectivity index is 2.53. The molecule has 0 aliphatic carbocycles. The van der Waals surface area contributed by atoms with Crippen LogP contribution in [-0.2, 0) is 9.53 Å². The molecule has 0 N–H and O–H groups in total.